The molecule has 2 heterocycles. The number of ether oxygens (including phenoxy) is 2. The van der Waals surface area contributed by atoms with Crippen molar-refractivity contribution in [2.45, 2.75) is 53.5 Å². The number of esters is 1. The van der Waals surface area contributed by atoms with Crippen molar-refractivity contribution in [3.8, 4) is 16.9 Å². The molecule has 6 nitrogen and oxygen atoms in total. The highest BCUT2D eigenvalue weighted by Crippen LogP contribution is 2.36. The summed E-state index contributed by atoms with van der Waals surface area (Å²) in [6, 6.07) is 7.70. The molecule has 0 aliphatic rings. The second-order valence-electron chi connectivity index (χ2n) is 7.15. The van der Waals surface area contributed by atoms with Crippen molar-refractivity contribution in [3.63, 3.8) is 0 Å². The van der Waals surface area contributed by atoms with Crippen LogP contribution in [0.5, 0.6) is 5.75 Å². The fraction of sp³-hybridized carbons (Fsp3) is 0.435. The first-order chi connectivity index (χ1) is 14.5. The van der Waals surface area contributed by atoms with Crippen molar-refractivity contribution in [3.05, 3.63) is 45.3 Å². The van der Waals surface area contributed by atoms with Crippen LogP contribution in [0.2, 0.25) is 0 Å². The zero-order valence-electron chi connectivity index (χ0n) is 18.0. The number of benzene rings is 1. The Labute approximate surface area is 180 Å². The van der Waals surface area contributed by atoms with Gasteiger partial charge >= 0.3 is 5.97 Å². The fourth-order valence-electron chi connectivity index (χ4n) is 3.43. The van der Waals surface area contributed by atoms with Crippen LogP contribution in [0, 0.1) is 13.8 Å². The van der Waals surface area contributed by atoms with Gasteiger partial charge in [-0.15, -0.1) is 11.3 Å². The Morgan fingerprint density at radius 2 is 1.87 bits per heavy atom. The number of hydrogen-bond donors (Lipinski definition) is 0. The molecule has 3 rings (SSSR count). The summed E-state index contributed by atoms with van der Waals surface area (Å²) in [5.74, 6) is 0.889. The Balaban J connectivity index is 1.96. The number of carbonyl (C=O) groups is 1. The Bertz CT molecular complexity index is 1080. The zero-order chi connectivity index (χ0) is 21.7. The first-order valence-corrected chi connectivity index (χ1v) is 11.2. The van der Waals surface area contributed by atoms with Crippen molar-refractivity contribution in [2.75, 3.05) is 13.2 Å². The summed E-state index contributed by atoms with van der Waals surface area (Å²) in [4.78, 5) is 31.9. The Morgan fingerprint density at radius 3 is 2.53 bits per heavy atom. The number of rotatable bonds is 9. The van der Waals surface area contributed by atoms with E-state index in [-0.39, 0.29) is 12.1 Å². The minimum Gasteiger partial charge on any atom is -0.494 e. The molecule has 0 saturated heterocycles. The molecule has 0 saturated carbocycles. The molecule has 0 aliphatic carbocycles. The second-order valence-corrected chi connectivity index (χ2v) is 8.35. The van der Waals surface area contributed by atoms with E-state index in [0.717, 1.165) is 41.0 Å². The van der Waals surface area contributed by atoms with Gasteiger partial charge < -0.3 is 9.47 Å². The zero-order valence-corrected chi connectivity index (χ0v) is 18.8. The van der Waals surface area contributed by atoms with Gasteiger partial charge in [-0.2, -0.15) is 0 Å². The molecule has 0 amide bonds. The lowest BCUT2D eigenvalue weighted by Gasteiger charge is -2.10. The van der Waals surface area contributed by atoms with E-state index in [1.54, 1.807) is 6.92 Å². The number of unbranched alkanes of at least 4 members (excludes halogenated alkanes) is 2. The number of hydrogen-bond acceptors (Lipinski definition) is 6. The van der Waals surface area contributed by atoms with E-state index in [1.165, 1.54) is 15.9 Å². The van der Waals surface area contributed by atoms with Crippen molar-refractivity contribution < 1.29 is 14.3 Å². The van der Waals surface area contributed by atoms with E-state index < -0.39 is 5.97 Å². The van der Waals surface area contributed by atoms with Gasteiger partial charge in [0.25, 0.3) is 5.56 Å². The van der Waals surface area contributed by atoms with E-state index in [4.69, 9.17) is 9.47 Å². The van der Waals surface area contributed by atoms with Gasteiger partial charge in [-0.25, -0.2) is 4.98 Å². The molecule has 2 aromatic heterocycles. The molecule has 0 unspecified atom stereocenters. The van der Waals surface area contributed by atoms with Crippen LogP contribution in [0.15, 0.2) is 29.1 Å². The van der Waals surface area contributed by atoms with Crippen LogP contribution >= 0.6 is 11.3 Å². The van der Waals surface area contributed by atoms with E-state index >= 15 is 0 Å². The quantitative estimate of drug-likeness (QED) is 0.359. The predicted molar refractivity (Wildman–Crippen MR) is 120 cm³/mol. The number of fused-ring (bicyclic) bond motifs is 1. The maximum absolute atomic E-state index is 13.3. The number of carbonyl (C=O) groups excluding carboxylic acids is 1. The molecule has 1 aromatic carbocycles. The van der Waals surface area contributed by atoms with Crippen LogP contribution in [-0.4, -0.2) is 28.7 Å². The SMILES string of the molecule is CCCCCOC(=O)Cn1c(C)nc2sc(C)c(-c3ccc(OCC)cc3)c2c1=O. The lowest BCUT2D eigenvalue weighted by Crippen LogP contribution is -2.28. The van der Waals surface area contributed by atoms with Gasteiger partial charge in [0, 0.05) is 10.4 Å². The third kappa shape index (κ3) is 4.73. The van der Waals surface area contributed by atoms with Gasteiger partial charge in [0.2, 0.25) is 0 Å². The first kappa shape index (κ1) is 22.0. The summed E-state index contributed by atoms with van der Waals surface area (Å²) in [6.07, 6.45) is 2.90. The van der Waals surface area contributed by atoms with Gasteiger partial charge in [-0.1, -0.05) is 31.9 Å². The Hall–Kier alpha value is -2.67. The summed E-state index contributed by atoms with van der Waals surface area (Å²) in [5, 5.41) is 0.547. The average molecular weight is 429 g/mol. The predicted octanol–water partition coefficient (Wildman–Crippen LogP) is 4.87. The molecule has 7 heteroatoms. The highest BCUT2D eigenvalue weighted by Gasteiger charge is 2.20. The highest BCUT2D eigenvalue weighted by molar-refractivity contribution is 7.19. The van der Waals surface area contributed by atoms with E-state index in [2.05, 4.69) is 11.9 Å². The van der Waals surface area contributed by atoms with Gasteiger partial charge in [0.15, 0.2) is 0 Å². The summed E-state index contributed by atoms with van der Waals surface area (Å²) in [6.45, 7) is 8.62. The normalized spacial score (nSPS) is 11.1. The first-order valence-electron chi connectivity index (χ1n) is 10.4. The van der Waals surface area contributed by atoms with Gasteiger partial charge in [0.05, 0.1) is 18.6 Å². The standard InChI is InChI=1S/C23H28N2O4S/c1-5-7-8-13-29-19(26)14-25-16(4)24-22-21(23(25)27)20(15(3)30-22)17-9-11-18(12-10-17)28-6-2/h9-12H,5-8,13-14H2,1-4H3. The number of aryl methyl sites for hydroxylation is 2. The maximum atomic E-state index is 13.3. The van der Waals surface area contributed by atoms with Crippen molar-refractivity contribution in [2.24, 2.45) is 0 Å². The third-order valence-electron chi connectivity index (χ3n) is 4.93. The number of nitrogens with zero attached hydrogens (tertiary/aromatic N) is 2. The molecule has 0 radical (unpaired) electrons. The second kappa shape index (κ2) is 9.89. The Kier molecular flexibility index (Phi) is 7.26. The fourth-order valence-corrected chi connectivity index (χ4v) is 4.51. The van der Waals surface area contributed by atoms with E-state index in [1.807, 2.05) is 38.1 Å². The maximum Gasteiger partial charge on any atom is 0.326 e. The van der Waals surface area contributed by atoms with Crippen LogP contribution < -0.4 is 10.3 Å². The van der Waals surface area contributed by atoms with Gasteiger partial charge in [-0.05, 0) is 44.9 Å². The monoisotopic (exact) mass is 428 g/mol. The van der Waals surface area contributed by atoms with Crippen LogP contribution in [0.25, 0.3) is 21.3 Å². The molecule has 0 bridgehead atoms. The molecule has 0 spiro atoms. The van der Waals surface area contributed by atoms with E-state index in [9.17, 15) is 9.59 Å². The summed E-state index contributed by atoms with van der Waals surface area (Å²) < 4.78 is 12.2. The lowest BCUT2D eigenvalue weighted by atomic mass is 10.0. The molecule has 0 aliphatic heterocycles. The molecule has 3 aromatic rings. The summed E-state index contributed by atoms with van der Waals surface area (Å²) in [7, 11) is 0. The molecule has 0 atom stereocenters. The van der Waals surface area contributed by atoms with Crippen LogP contribution in [0.4, 0.5) is 0 Å². The van der Waals surface area contributed by atoms with Crippen LogP contribution in [0.1, 0.15) is 43.8 Å². The molecule has 0 fully saturated rings. The topological polar surface area (TPSA) is 70.4 Å². The minimum absolute atomic E-state index is 0.128. The molecule has 30 heavy (non-hydrogen) atoms. The van der Waals surface area contributed by atoms with Crippen LogP contribution in [0.3, 0.4) is 0 Å². The largest absolute Gasteiger partial charge is 0.494 e. The van der Waals surface area contributed by atoms with Crippen molar-refractivity contribution >= 4 is 27.5 Å². The number of thiophene rings is 1. The smallest absolute Gasteiger partial charge is 0.326 e. The van der Waals surface area contributed by atoms with Crippen molar-refractivity contribution in [1.29, 1.82) is 0 Å². The van der Waals surface area contributed by atoms with Crippen molar-refractivity contribution in [1.82, 2.24) is 9.55 Å². The number of aromatic nitrogens is 2. The summed E-state index contributed by atoms with van der Waals surface area (Å²) >= 11 is 1.49. The molecule has 160 valence electrons. The summed E-state index contributed by atoms with van der Waals surface area (Å²) in [5.41, 5.74) is 1.58. The van der Waals surface area contributed by atoms with E-state index in [0.29, 0.717) is 29.3 Å². The average Bonchev–Trinajstić information content (AvgIpc) is 3.05. The van der Waals surface area contributed by atoms with Gasteiger partial charge in [0.1, 0.15) is 22.9 Å². The van der Waals surface area contributed by atoms with Crippen LogP contribution in [-0.2, 0) is 16.1 Å². The minimum atomic E-state index is -0.410. The third-order valence-corrected chi connectivity index (χ3v) is 5.93. The Morgan fingerprint density at radius 1 is 1.13 bits per heavy atom. The lowest BCUT2D eigenvalue weighted by molar-refractivity contribution is -0.144. The molecular weight excluding hydrogens is 400 g/mol. The molecular formula is C23H28N2O4S. The molecule has 0 N–H and O–H groups in total. The highest BCUT2D eigenvalue weighted by atomic mass is 32.1. The van der Waals surface area contributed by atoms with Gasteiger partial charge in [-0.3, -0.25) is 14.2 Å².